The minimum atomic E-state index is -0.438. The molecule has 100 valence electrons. The van der Waals surface area contributed by atoms with Gasteiger partial charge in [0.05, 0.1) is 19.8 Å². The van der Waals surface area contributed by atoms with Gasteiger partial charge < -0.3 is 9.47 Å². The minimum absolute atomic E-state index is 0.328. The lowest BCUT2D eigenvalue weighted by atomic mass is 10.2. The fourth-order valence-electron chi connectivity index (χ4n) is 1.24. The van der Waals surface area contributed by atoms with Crippen molar-refractivity contribution in [1.82, 2.24) is 5.48 Å². The molecule has 5 heteroatoms. The number of benzene rings is 1. The Balaban J connectivity index is 2.80. The topological polar surface area (TPSA) is 56.8 Å². The van der Waals surface area contributed by atoms with E-state index in [2.05, 4.69) is 5.48 Å². The zero-order valence-corrected chi connectivity index (χ0v) is 11.4. The van der Waals surface area contributed by atoms with Crippen LogP contribution in [-0.4, -0.2) is 25.7 Å². The lowest BCUT2D eigenvalue weighted by Crippen LogP contribution is -2.33. The summed E-state index contributed by atoms with van der Waals surface area (Å²) in [6.45, 7) is 5.55. The summed E-state index contributed by atoms with van der Waals surface area (Å²) in [7, 11) is 3.06. The van der Waals surface area contributed by atoms with Crippen LogP contribution in [0, 0.1) is 0 Å². The van der Waals surface area contributed by atoms with Crippen LogP contribution in [-0.2, 0) is 4.84 Å². The Morgan fingerprint density at radius 2 is 1.72 bits per heavy atom. The van der Waals surface area contributed by atoms with Gasteiger partial charge in [-0.3, -0.25) is 9.63 Å². The molecule has 1 aromatic rings. The lowest BCUT2D eigenvalue weighted by Gasteiger charge is -2.19. The van der Waals surface area contributed by atoms with E-state index in [0.29, 0.717) is 17.1 Å². The SMILES string of the molecule is COc1ccc(C(=O)NOC(C)(C)C)cc1OC. The molecule has 1 N–H and O–H groups in total. The van der Waals surface area contributed by atoms with Crippen molar-refractivity contribution in [3.8, 4) is 11.5 Å². The van der Waals surface area contributed by atoms with Crippen LogP contribution in [0.15, 0.2) is 18.2 Å². The van der Waals surface area contributed by atoms with Crippen molar-refractivity contribution in [1.29, 1.82) is 0 Å². The van der Waals surface area contributed by atoms with Gasteiger partial charge in [0.25, 0.3) is 5.91 Å². The Morgan fingerprint density at radius 1 is 1.11 bits per heavy atom. The number of rotatable bonds is 4. The van der Waals surface area contributed by atoms with Crippen LogP contribution in [0.5, 0.6) is 11.5 Å². The average molecular weight is 253 g/mol. The van der Waals surface area contributed by atoms with E-state index in [4.69, 9.17) is 14.3 Å². The summed E-state index contributed by atoms with van der Waals surface area (Å²) in [6, 6.07) is 4.91. The van der Waals surface area contributed by atoms with E-state index in [1.807, 2.05) is 20.8 Å². The standard InChI is InChI=1S/C13H19NO4/c1-13(2,3)18-14-12(15)9-6-7-10(16-4)11(8-9)17-5/h6-8H,1-5H3,(H,14,15). The molecule has 0 saturated heterocycles. The summed E-state index contributed by atoms with van der Waals surface area (Å²) in [5.74, 6) is 0.748. The van der Waals surface area contributed by atoms with E-state index >= 15 is 0 Å². The van der Waals surface area contributed by atoms with Crippen molar-refractivity contribution in [2.75, 3.05) is 14.2 Å². The van der Waals surface area contributed by atoms with E-state index in [1.54, 1.807) is 25.3 Å². The Morgan fingerprint density at radius 3 is 2.22 bits per heavy atom. The first-order valence-electron chi connectivity index (χ1n) is 5.58. The van der Waals surface area contributed by atoms with Crippen LogP contribution in [0.1, 0.15) is 31.1 Å². The zero-order valence-electron chi connectivity index (χ0n) is 11.4. The zero-order chi connectivity index (χ0) is 13.8. The highest BCUT2D eigenvalue weighted by Crippen LogP contribution is 2.27. The highest BCUT2D eigenvalue weighted by molar-refractivity contribution is 5.94. The minimum Gasteiger partial charge on any atom is -0.493 e. The predicted octanol–water partition coefficient (Wildman–Crippen LogP) is 2.16. The number of hydrogen-bond acceptors (Lipinski definition) is 4. The van der Waals surface area contributed by atoms with E-state index in [9.17, 15) is 4.79 Å². The van der Waals surface area contributed by atoms with E-state index in [1.165, 1.54) is 7.11 Å². The van der Waals surface area contributed by atoms with Gasteiger partial charge in [-0.2, -0.15) is 0 Å². The molecule has 0 saturated carbocycles. The van der Waals surface area contributed by atoms with Gasteiger partial charge in [-0.05, 0) is 39.0 Å². The second-order valence-electron chi connectivity index (χ2n) is 4.72. The molecule has 1 amide bonds. The van der Waals surface area contributed by atoms with Crippen molar-refractivity contribution < 1.29 is 19.1 Å². The first-order chi connectivity index (χ1) is 8.37. The van der Waals surface area contributed by atoms with E-state index < -0.39 is 5.60 Å². The molecule has 1 rings (SSSR count). The number of amides is 1. The second-order valence-corrected chi connectivity index (χ2v) is 4.72. The van der Waals surface area contributed by atoms with Crippen molar-refractivity contribution >= 4 is 5.91 Å². The molecule has 0 heterocycles. The monoisotopic (exact) mass is 253 g/mol. The maximum Gasteiger partial charge on any atom is 0.274 e. The third-order valence-corrected chi connectivity index (χ3v) is 2.10. The fraction of sp³-hybridized carbons (Fsp3) is 0.462. The number of hydroxylamine groups is 1. The van der Waals surface area contributed by atoms with Gasteiger partial charge in [0.15, 0.2) is 11.5 Å². The van der Waals surface area contributed by atoms with Crippen LogP contribution in [0.3, 0.4) is 0 Å². The van der Waals surface area contributed by atoms with Gasteiger partial charge in [0, 0.05) is 5.56 Å². The first kappa shape index (κ1) is 14.3. The van der Waals surface area contributed by atoms with E-state index in [0.717, 1.165) is 0 Å². The highest BCUT2D eigenvalue weighted by atomic mass is 16.7. The molecule has 1 aromatic carbocycles. The molecule has 18 heavy (non-hydrogen) atoms. The third kappa shape index (κ3) is 3.92. The summed E-state index contributed by atoms with van der Waals surface area (Å²) in [5, 5.41) is 0. The molecule has 0 aliphatic carbocycles. The average Bonchev–Trinajstić information content (AvgIpc) is 2.34. The number of carbonyl (C=O) groups is 1. The molecule has 0 spiro atoms. The smallest absolute Gasteiger partial charge is 0.274 e. The van der Waals surface area contributed by atoms with Crippen molar-refractivity contribution in [2.24, 2.45) is 0 Å². The summed E-state index contributed by atoms with van der Waals surface area (Å²) < 4.78 is 10.2. The van der Waals surface area contributed by atoms with Gasteiger partial charge in [0.1, 0.15) is 0 Å². The quantitative estimate of drug-likeness (QED) is 0.835. The number of carbonyl (C=O) groups excluding carboxylic acids is 1. The first-order valence-corrected chi connectivity index (χ1v) is 5.58. The molecule has 0 fully saturated rings. The third-order valence-electron chi connectivity index (χ3n) is 2.10. The van der Waals surface area contributed by atoms with Gasteiger partial charge >= 0.3 is 0 Å². The van der Waals surface area contributed by atoms with Crippen LogP contribution in [0.2, 0.25) is 0 Å². The summed E-state index contributed by atoms with van der Waals surface area (Å²) in [6.07, 6.45) is 0. The molecule has 0 aliphatic rings. The summed E-state index contributed by atoms with van der Waals surface area (Å²) in [5.41, 5.74) is 2.40. The van der Waals surface area contributed by atoms with Crippen LogP contribution in [0.25, 0.3) is 0 Å². The van der Waals surface area contributed by atoms with Crippen molar-refractivity contribution in [3.63, 3.8) is 0 Å². The number of hydrogen-bond donors (Lipinski definition) is 1. The molecule has 0 radical (unpaired) electrons. The molecular formula is C13H19NO4. The normalized spacial score (nSPS) is 10.9. The molecular weight excluding hydrogens is 234 g/mol. The molecule has 5 nitrogen and oxygen atoms in total. The lowest BCUT2D eigenvalue weighted by molar-refractivity contribution is -0.0589. The molecule has 0 aliphatic heterocycles. The Bertz CT molecular complexity index is 423. The molecule has 0 aromatic heterocycles. The van der Waals surface area contributed by atoms with E-state index in [-0.39, 0.29) is 5.91 Å². The molecule has 0 atom stereocenters. The number of ether oxygens (including phenoxy) is 2. The van der Waals surface area contributed by atoms with Gasteiger partial charge in [0.2, 0.25) is 0 Å². The van der Waals surface area contributed by atoms with Crippen LogP contribution in [0.4, 0.5) is 0 Å². The van der Waals surface area contributed by atoms with Gasteiger partial charge in [-0.15, -0.1) is 0 Å². The highest BCUT2D eigenvalue weighted by Gasteiger charge is 2.15. The Labute approximate surface area is 107 Å². The fourth-order valence-corrected chi connectivity index (χ4v) is 1.24. The number of methoxy groups -OCH3 is 2. The second kappa shape index (κ2) is 5.73. The molecule has 0 bridgehead atoms. The van der Waals surface area contributed by atoms with Crippen molar-refractivity contribution in [3.05, 3.63) is 23.8 Å². The largest absolute Gasteiger partial charge is 0.493 e. The summed E-state index contributed by atoms with van der Waals surface area (Å²) in [4.78, 5) is 17.0. The van der Waals surface area contributed by atoms with Gasteiger partial charge in [-0.25, -0.2) is 5.48 Å². The maximum absolute atomic E-state index is 11.8. The Hall–Kier alpha value is -1.75. The number of nitrogens with one attached hydrogen (secondary N) is 1. The predicted molar refractivity (Wildman–Crippen MR) is 67.9 cm³/mol. The Kier molecular flexibility index (Phi) is 4.55. The van der Waals surface area contributed by atoms with Crippen LogP contribution < -0.4 is 15.0 Å². The molecule has 0 unspecified atom stereocenters. The summed E-state index contributed by atoms with van der Waals surface area (Å²) >= 11 is 0. The van der Waals surface area contributed by atoms with Gasteiger partial charge in [-0.1, -0.05) is 0 Å². The van der Waals surface area contributed by atoms with Crippen LogP contribution >= 0.6 is 0 Å². The van der Waals surface area contributed by atoms with Crippen molar-refractivity contribution in [2.45, 2.75) is 26.4 Å². The maximum atomic E-state index is 11.8.